The molecule has 7 heteroatoms. The molecule has 4 rings (SSSR count). The van der Waals surface area contributed by atoms with Crippen molar-refractivity contribution in [2.45, 2.75) is 20.4 Å². The first-order valence-corrected chi connectivity index (χ1v) is 8.54. The van der Waals surface area contributed by atoms with Gasteiger partial charge in [-0.15, -0.1) is 5.10 Å². The van der Waals surface area contributed by atoms with Crippen molar-refractivity contribution in [3.8, 4) is 5.69 Å². The summed E-state index contributed by atoms with van der Waals surface area (Å²) in [6.07, 6.45) is 1.51. The Kier molecular flexibility index (Phi) is 4.05. The molecule has 26 heavy (non-hydrogen) atoms. The molecule has 0 bridgehead atoms. The summed E-state index contributed by atoms with van der Waals surface area (Å²) in [5.41, 5.74) is 4.42. The number of fused-ring (bicyclic) bond motifs is 1. The van der Waals surface area contributed by atoms with E-state index < -0.39 is 0 Å². The Morgan fingerprint density at radius 2 is 1.88 bits per heavy atom. The van der Waals surface area contributed by atoms with Gasteiger partial charge in [0.25, 0.3) is 5.56 Å². The fourth-order valence-electron chi connectivity index (χ4n) is 2.80. The van der Waals surface area contributed by atoms with Crippen molar-refractivity contribution in [2.75, 3.05) is 0 Å². The maximum Gasteiger partial charge on any atom is 0.283 e. The average Bonchev–Trinajstić information content (AvgIpc) is 3.06. The summed E-state index contributed by atoms with van der Waals surface area (Å²) in [5, 5.41) is 8.79. The number of nitrogens with zero attached hydrogens (tertiary/aromatic N) is 5. The molecule has 2 aromatic heterocycles. The zero-order chi connectivity index (χ0) is 18.3. The van der Waals surface area contributed by atoms with Gasteiger partial charge in [-0.2, -0.15) is 4.68 Å². The van der Waals surface area contributed by atoms with Gasteiger partial charge >= 0.3 is 0 Å². The molecule has 0 radical (unpaired) electrons. The summed E-state index contributed by atoms with van der Waals surface area (Å²) in [4.78, 5) is 17.2. The molecule has 0 atom stereocenters. The maximum atomic E-state index is 12.8. The fourth-order valence-corrected chi connectivity index (χ4v) is 2.99. The van der Waals surface area contributed by atoms with E-state index in [0.717, 1.165) is 16.8 Å². The minimum absolute atomic E-state index is 0.234. The number of halogens is 1. The van der Waals surface area contributed by atoms with E-state index in [1.54, 1.807) is 10.7 Å². The predicted molar refractivity (Wildman–Crippen MR) is 101 cm³/mol. The van der Waals surface area contributed by atoms with Crippen molar-refractivity contribution < 1.29 is 0 Å². The van der Waals surface area contributed by atoms with Crippen LogP contribution in [0.15, 0.2) is 53.6 Å². The first-order valence-electron chi connectivity index (χ1n) is 8.16. The highest BCUT2D eigenvalue weighted by Crippen LogP contribution is 2.17. The molecule has 0 amide bonds. The second-order valence-corrected chi connectivity index (χ2v) is 6.62. The fraction of sp³-hybridized carbons (Fsp3) is 0.158. The Labute approximate surface area is 154 Å². The molecule has 0 aliphatic heterocycles. The van der Waals surface area contributed by atoms with Gasteiger partial charge < -0.3 is 0 Å². The third kappa shape index (κ3) is 2.78. The first-order chi connectivity index (χ1) is 12.5. The van der Waals surface area contributed by atoms with Gasteiger partial charge in [-0.1, -0.05) is 41.1 Å². The molecule has 0 saturated carbocycles. The zero-order valence-electron chi connectivity index (χ0n) is 14.3. The van der Waals surface area contributed by atoms with Crippen LogP contribution in [0.1, 0.15) is 16.7 Å². The van der Waals surface area contributed by atoms with E-state index in [4.69, 9.17) is 11.6 Å². The molecule has 4 aromatic rings. The van der Waals surface area contributed by atoms with Crippen LogP contribution in [-0.4, -0.2) is 24.5 Å². The lowest BCUT2D eigenvalue weighted by Crippen LogP contribution is -2.21. The van der Waals surface area contributed by atoms with Crippen LogP contribution in [0.5, 0.6) is 0 Å². The normalized spacial score (nSPS) is 11.2. The number of hydrogen-bond donors (Lipinski definition) is 0. The van der Waals surface area contributed by atoms with Crippen molar-refractivity contribution in [1.82, 2.24) is 24.5 Å². The smallest absolute Gasteiger partial charge is 0.283 e. The highest BCUT2D eigenvalue weighted by atomic mass is 35.5. The van der Waals surface area contributed by atoms with Crippen molar-refractivity contribution in [2.24, 2.45) is 0 Å². The van der Waals surface area contributed by atoms with E-state index in [2.05, 4.69) is 15.3 Å². The third-order valence-corrected chi connectivity index (χ3v) is 4.83. The Hall–Kier alpha value is -2.99. The van der Waals surface area contributed by atoms with Crippen LogP contribution in [0.25, 0.3) is 16.9 Å². The molecule has 0 N–H and O–H groups in total. The SMILES string of the molecule is Cc1ccc(-n2nnc3c(=O)n(Cc4ccccc4Cl)cnc32)cc1C. The number of hydrogen-bond acceptors (Lipinski definition) is 4. The molecule has 0 spiro atoms. The lowest BCUT2D eigenvalue weighted by Gasteiger charge is -2.08. The largest absolute Gasteiger partial charge is 0.293 e. The Balaban J connectivity index is 1.79. The molecule has 2 heterocycles. The van der Waals surface area contributed by atoms with Gasteiger partial charge in [0, 0.05) is 5.02 Å². The highest BCUT2D eigenvalue weighted by molar-refractivity contribution is 6.31. The van der Waals surface area contributed by atoms with E-state index in [9.17, 15) is 4.79 Å². The molecule has 2 aromatic carbocycles. The van der Waals surface area contributed by atoms with Gasteiger partial charge in [-0.25, -0.2) is 4.98 Å². The molecular formula is C19H16ClN5O. The molecule has 130 valence electrons. The van der Waals surface area contributed by atoms with Crippen molar-refractivity contribution in [3.63, 3.8) is 0 Å². The van der Waals surface area contributed by atoms with Crippen LogP contribution in [0, 0.1) is 13.8 Å². The minimum atomic E-state index is -0.245. The summed E-state index contributed by atoms with van der Waals surface area (Å²) in [7, 11) is 0. The van der Waals surface area contributed by atoms with Crippen LogP contribution in [0.4, 0.5) is 0 Å². The number of aromatic nitrogens is 5. The summed E-state index contributed by atoms with van der Waals surface area (Å²) in [6.45, 7) is 4.41. The second-order valence-electron chi connectivity index (χ2n) is 6.21. The topological polar surface area (TPSA) is 65.6 Å². The average molecular weight is 366 g/mol. The van der Waals surface area contributed by atoms with Gasteiger partial charge in [-0.05, 0) is 48.7 Å². The monoisotopic (exact) mass is 365 g/mol. The lowest BCUT2D eigenvalue weighted by atomic mass is 10.1. The van der Waals surface area contributed by atoms with Crippen molar-refractivity contribution >= 4 is 22.8 Å². The Bertz CT molecular complexity index is 1180. The van der Waals surface area contributed by atoms with Crippen LogP contribution in [0.2, 0.25) is 5.02 Å². The predicted octanol–water partition coefficient (Wildman–Crippen LogP) is 3.30. The first kappa shape index (κ1) is 16.5. The van der Waals surface area contributed by atoms with Crippen LogP contribution in [0.3, 0.4) is 0 Å². The molecule has 0 saturated heterocycles. The third-order valence-electron chi connectivity index (χ3n) is 4.46. The molecular weight excluding hydrogens is 350 g/mol. The molecule has 0 fully saturated rings. The van der Waals surface area contributed by atoms with Gasteiger partial charge in [0.15, 0.2) is 11.2 Å². The van der Waals surface area contributed by atoms with Crippen LogP contribution >= 0.6 is 11.6 Å². The summed E-state index contributed by atoms with van der Waals surface area (Å²) in [6, 6.07) is 13.4. The minimum Gasteiger partial charge on any atom is -0.293 e. The van der Waals surface area contributed by atoms with E-state index in [1.807, 2.05) is 50.2 Å². The highest BCUT2D eigenvalue weighted by Gasteiger charge is 2.14. The summed E-state index contributed by atoms with van der Waals surface area (Å²) >= 11 is 6.19. The van der Waals surface area contributed by atoms with Gasteiger partial charge in [0.05, 0.1) is 12.2 Å². The standard InChI is InChI=1S/C19H16ClN5O/c1-12-7-8-15(9-13(12)2)25-18-17(22-23-25)19(26)24(11-21-18)10-14-5-3-4-6-16(14)20/h3-9,11H,10H2,1-2H3. The number of aryl methyl sites for hydroxylation is 2. The van der Waals surface area contributed by atoms with Crippen molar-refractivity contribution in [1.29, 1.82) is 0 Å². The van der Waals surface area contributed by atoms with Gasteiger partial charge in [-0.3, -0.25) is 9.36 Å². The number of rotatable bonds is 3. The Morgan fingerprint density at radius 3 is 2.65 bits per heavy atom. The van der Waals surface area contributed by atoms with E-state index in [1.165, 1.54) is 16.5 Å². The Morgan fingerprint density at radius 1 is 1.08 bits per heavy atom. The lowest BCUT2D eigenvalue weighted by molar-refractivity contribution is 0.745. The van der Waals surface area contributed by atoms with Crippen LogP contribution in [-0.2, 0) is 6.54 Å². The van der Waals surface area contributed by atoms with Crippen molar-refractivity contribution in [3.05, 3.63) is 80.9 Å². The number of benzene rings is 2. The second kappa shape index (κ2) is 6.38. The van der Waals surface area contributed by atoms with Gasteiger partial charge in [0.2, 0.25) is 0 Å². The van der Waals surface area contributed by atoms with E-state index in [-0.39, 0.29) is 11.1 Å². The molecule has 6 nitrogen and oxygen atoms in total. The molecule has 0 aliphatic carbocycles. The maximum absolute atomic E-state index is 12.8. The quantitative estimate of drug-likeness (QED) is 0.558. The van der Waals surface area contributed by atoms with Crippen LogP contribution < -0.4 is 5.56 Å². The zero-order valence-corrected chi connectivity index (χ0v) is 15.1. The molecule has 0 unspecified atom stereocenters. The molecule has 0 aliphatic rings. The summed E-state index contributed by atoms with van der Waals surface area (Å²) < 4.78 is 3.08. The summed E-state index contributed by atoms with van der Waals surface area (Å²) in [5.74, 6) is 0. The van der Waals surface area contributed by atoms with E-state index in [0.29, 0.717) is 17.2 Å². The van der Waals surface area contributed by atoms with E-state index >= 15 is 0 Å². The van der Waals surface area contributed by atoms with Gasteiger partial charge in [0.1, 0.15) is 6.33 Å².